The van der Waals surface area contributed by atoms with Gasteiger partial charge in [-0.05, 0) is 42.7 Å². The highest BCUT2D eigenvalue weighted by molar-refractivity contribution is 5.73. The fourth-order valence-electron chi connectivity index (χ4n) is 3.57. The molecule has 0 saturated heterocycles. The maximum atomic E-state index is 12.2. The van der Waals surface area contributed by atoms with E-state index in [1.165, 1.54) is 0 Å². The molecule has 0 aromatic heterocycles. The van der Waals surface area contributed by atoms with Gasteiger partial charge in [-0.3, -0.25) is 9.59 Å². The van der Waals surface area contributed by atoms with E-state index in [2.05, 4.69) is 4.74 Å². The SMILES string of the molecule is CCC1CCC(CC(=O)Oc2ccccc2)C1CC(=O)OC(F)(F)F. The quantitative estimate of drug-likeness (QED) is 0.555. The van der Waals surface area contributed by atoms with Crippen LogP contribution in [0.2, 0.25) is 0 Å². The Morgan fingerprint density at radius 2 is 1.68 bits per heavy atom. The number of esters is 2. The molecule has 1 aromatic rings. The van der Waals surface area contributed by atoms with Gasteiger partial charge in [-0.2, -0.15) is 0 Å². The van der Waals surface area contributed by atoms with Crippen molar-refractivity contribution in [2.24, 2.45) is 17.8 Å². The van der Waals surface area contributed by atoms with Crippen molar-refractivity contribution >= 4 is 11.9 Å². The molecule has 0 heterocycles. The second kappa shape index (κ2) is 8.36. The molecule has 0 bridgehead atoms. The van der Waals surface area contributed by atoms with Crippen LogP contribution in [0, 0.1) is 17.8 Å². The Morgan fingerprint density at radius 3 is 2.28 bits per heavy atom. The van der Waals surface area contributed by atoms with Gasteiger partial charge in [-0.1, -0.05) is 31.5 Å². The molecule has 2 rings (SSSR count). The minimum atomic E-state index is -4.97. The highest BCUT2D eigenvalue weighted by atomic mass is 19.4. The van der Waals surface area contributed by atoms with Crippen LogP contribution in [0.15, 0.2) is 30.3 Å². The molecule has 3 atom stereocenters. The Balaban J connectivity index is 1.95. The van der Waals surface area contributed by atoms with Crippen LogP contribution in [0.4, 0.5) is 13.2 Å². The third-order valence-corrected chi connectivity index (χ3v) is 4.68. The molecule has 3 unspecified atom stereocenters. The summed E-state index contributed by atoms with van der Waals surface area (Å²) in [4.78, 5) is 23.6. The van der Waals surface area contributed by atoms with Crippen LogP contribution in [-0.4, -0.2) is 18.3 Å². The van der Waals surface area contributed by atoms with Gasteiger partial charge in [-0.15, -0.1) is 13.2 Å². The number of benzene rings is 1. The van der Waals surface area contributed by atoms with E-state index in [9.17, 15) is 22.8 Å². The van der Waals surface area contributed by atoms with E-state index in [1.54, 1.807) is 30.3 Å². The first kappa shape index (κ1) is 19.3. The lowest BCUT2D eigenvalue weighted by Gasteiger charge is -2.23. The highest BCUT2D eigenvalue weighted by Gasteiger charge is 2.41. The molecule has 4 nitrogen and oxygen atoms in total. The Morgan fingerprint density at radius 1 is 1.04 bits per heavy atom. The predicted molar refractivity (Wildman–Crippen MR) is 83.5 cm³/mol. The molecule has 7 heteroatoms. The van der Waals surface area contributed by atoms with Gasteiger partial charge in [0.1, 0.15) is 5.75 Å². The Bertz CT molecular complexity index is 586. The first-order chi connectivity index (χ1) is 11.8. The van der Waals surface area contributed by atoms with Gasteiger partial charge in [0.15, 0.2) is 0 Å². The van der Waals surface area contributed by atoms with Crippen LogP contribution in [0.25, 0.3) is 0 Å². The predicted octanol–water partition coefficient (Wildman–Crippen LogP) is 4.49. The number of halogens is 3. The first-order valence-corrected chi connectivity index (χ1v) is 8.32. The summed E-state index contributed by atoms with van der Waals surface area (Å²) in [6.07, 6.45) is -3.01. The third-order valence-electron chi connectivity index (χ3n) is 4.68. The zero-order chi connectivity index (χ0) is 18.4. The normalized spacial score (nSPS) is 23.3. The minimum Gasteiger partial charge on any atom is -0.427 e. The van der Waals surface area contributed by atoms with E-state index in [0.29, 0.717) is 12.2 Å². The van der Waals surface area contributed by atoms with Gasteiger partial charge < -0.3 is 9.47 Å². The van der Waals surface area contributed by atoms with Crippen molar-refractivity contribution in [1.29, 1.82) is 0 Å². The van der Waals surface area contributed by atoms with Crippen LogP contribution in [-0.2, 0) is 14.3 Å². The molecule has 0 amide bonds. The van der Waals surface area contributed by atoms with Crippen LogP contribution < -0.4 is 4.74 Å². The van der Waals surface area contributed by atoms with E-state index in [1.807, 2.05) is 6.92 Å². The second-order valence-electron chi connectivity index (χ2n) is 6.28. The van der Waals surface area contributed by atoms with E-state index in [-0.39, 0.29) is 30.6 Å². The molecule has 0 radical (unpaired) electrons. The van der Waals surface area contributed by atoms with Crippen LogP contribution in [0.5, 0.6) is 5.75 Å². The zero-order valence-electron chi connectivity index (χ0n) is 13.9. The van der Waals surface area contributed by atoms with Gasteiger partial charge in [0.25, 0.3) is 0 Å². The topological polar surface area (TPSA) is 52.6 Å². The maximum absolute atomic E-state index is 12.2. The van der Waals surface area contributed by atoms with Gasteiger partial charge >= 0.3 is 18.3 Å². The largest absolute Gasteiger partial charge is 0.575 e. The Labute approximate surface area is 144 Å². The average molecular weight is 358 g/mol. The number of rotatable bonds is 6. The van der Waals surface area contributed by atoms with E-state index in [0.717, 1.165) is 12.8 Å². The summed E-state index contributed by atoms with van der Waals surface area (Å²) in [5.74, 6) is -1.69. The molecule has 25 heavy (non-hydrogen) atoms. The van der Waals surface area contributed by atoms with E-state index >= 15 is 0 Å². The number of alkyl halides is 3. The fraction of sp³-hybridized carbons (Fsp3) is 0.556. The van der Waals surface area contributed by atoms with Crippen molar-refractivity contribution in [3.63, 3.8) is 0 Å². The van der Waals surface area contributed by atoms with Crippen LogP contribution >= 0.6 is 0 Å². The molecule has 1 fully saturated rings. The van der Waals surface area contributed by atoms with Crippen LogP contribution in [0.3, 0.4) is 0 Å². The number of hydrogen-bond acceptors (Lipinski definition) is 4. The van der Waals surface area contributed by atoms with Crippen molar-refractivity contribution in [3.05, 3.63) is 30.3 Å². The summed E-state index contributed by atoms with van der Waals surface area (Å²) in [6.45, 7) is 1.93. The summed E-state index contributed by atoms with van der Waals surface area (Å²) in [6, 6.07) is 8.57. The summed E-state index contributed by atoms with van der Waals surface area (Å²) >= 11 is 0. The Hall–Kier alpha value is -2.05. The van der Waals surface area contributed by atoms with Crippen molar-refractivity contribution in [1.82, 2.24) is 0 Å². The summed E-state index contributed by atoms with van der Waals surface area (Å²) < 4.78 is 45.3. The molecule has 0 spiro atoms. The average Bonchev–Trinajstić information content (AvgIpc) is 2.88. The van der Waals surface area contributed by atoms with Crippen LogP contribution in [0.1, 0.15) is 39.0 Å². The molecule has 0 N–H and O–H groups in total. The third kappa shape index (κ3) is 6.07. The minimum absolute atomic E-state index is 0.0787. The highest BCUT2D eigenvalue weighted by Crippen LogP contribution is 2.43. The standard InChI is InChI=1S/C18H21F3O4/c1-2-12-8-9-13(15(12)11-17(23)25-18(19,20)21)10-16(22)24-14-6-4-3-5-7-14/h3-7,12-13,15H,2,8-11H2,1H3. The maximum Gasteiger partial charge on any atom is 0.575 e. The van der Waals surface area contributed by atoms with Crippen molar-refractivity contribution < 1.29 is 32.2 Å². The van der Waals surface area contributed by atoms with Gasteiger partial charge in [0.05, 0.1) is 0 Å². The number of carbonyl (C=O) groups is 2. The van der Waals surface area contributed by atoms with E-state index < -0.39 is 18.3 Å². The van der Waals surface area contributed by atoms with Gasteiger partial charge in [0.2, 0.25) is 0 Å². The second-order valence-corrected chi connectivity index (χ2v) is 6.28. The number of carbonyl (C=O) groups excluding carboxylic acids is 2. The molecule has 1 saturated carbocycles. The molecule has 138 valence electrons. The lowest BCUT2D eigenvalue weighted by molar-refractivity contribution is -0.306. The first-order valence-electron chi connectivity index (χ1n) is 8.32. The molecule has 1 aliphatic rings. The number of para-hydroxylation sites is 1. The van der Waals surface area contributed by atoms with Crippen molar-refractivity contribution in [2.45, 2.75) is 45.4 Å². The monoisotopic (exact) mass is 358 g/mol. The van der Waals surface area contributed by atoms with E-state index in [4.69, 9.17) is 4.74 Å². The Kier molecular flexibility index (Phi) is 6.45. The molecule has 1 aliphatic carbocycles. The van der Waals surface area contributed by atoms with Crippen molar-refractivity contribution in [3.8, 4) is 5.75 Å². The smallest absolute Gasteiger partial charge is 0.427 e. The van der Waals surface area contributed by atoms with Gasteiger partial charge in [-0.25, -0.2) is 0 Å². The van der Waals surface area contributed by atoms with Crippen molar-refractivity contribution in [2.75, 3.05) is 0 Å². The summed E-state index contributed by atoms with van der Waals surface area (Å²) in [5, 5.41) is 0. The number of ether oxygens (including phenoxy) is 2. The number of hydrogen-bond donors (Lipinski definition) is 0. The fourth-order valence-corrected chi connectivity index (χ4v) is 3.57. The molecule has 1 aromatic carbocycles. The summed E-state index contributed by atoms with van der Waals surface area (Å²) in [7, 11) is 0. The molecule has 0 aliphatic heterocycles. The van der Waals surface area contributed by atoms with Gasteiger partial charge in [0, 0.05) is 12.8 Å². The lowest BCUT2D eigenvalue weighted by atomic mass is 9.83. The molecular formula is C18H21F3O4. The summed E-state index contributed by atoms with van der Waals surface area (Å²) in [5.41, 5.74) is 0. The lowest BCUT2D eigenvalue weighted by Crippen LogP contribution is -2.26. The molecular weight excluding hydrogens is 337 g/mol. The zero-order valence-corrected chi connectivity index (χ0v) is 13.9.